The van der Waals surface area contributed by atoms with Gasteiger partial charge < -0.3 is 10.5 Å². The van der Waals surface area contributed by atoms with Gasteiger partial charge >= 0.3 is 5.92 Å². The highest BCUT2D eigenvalue weighted by atomic mass is 19.3. The highest BCUT2D eigenvalue weighted by molar-refractivity contribution is 5.82. The van der Waals surface area contributed by atoms with Gasteiger partial charge in [0.1, 0.15) is 29.6 Å². The summed E-state index contributed by atoms with van der Waals surface area (Å²) in [5.74, 6) is 1.07. The molecule has 0 bridgehead atoms. The Bertz CT molecular complexity index is 1020. The molecule has 1 atom stereocenters. The normalized spacial score (nSPS) is 22.8. The Morgan fingerprint density at radius 2 is 1.83 bits per heavy atom. The van der Waals surface area contributed by atoms with E-state index in [9.17, 15) is 4.39 Å². The molecular weight excluding hydrogens is 381 g/mol. The zero-order chi connectivity index (χ0) is 21.4. The van der Waals surface area contributed by atoms with Crippen molar-refractivity contribution >= 4 is 5.84 Å². The number of hydrogen-bond donors (Lipinski definition) is 1. The van der Waals surface area contributed by atoms with Crippen LogP contribution >= 0.6 is 0 Å². The smallest absolute Gasteiger partial charge is 0.304 e. The van der Waals surface area contributed by atoms with E-state index in [4.69, 9.17) is 10.5 Å². The molecule has 1 aliphatic rings. The van der Waals surface area contributed by atoms with Crippen molar-refractivity contribution in [2.75, 3.05) is 6.61 Å². The lowest BCUT2D eigenvalue weighted by molar-refractivity contribution is -0.214. The lowest BCUT2D eigenvalue weighted by Gasteiger charge is -2.41. The molecule has 29 heavy (non-hydrogen) atoms. The molecular formula is C21H21F3N4O. The van der Waals surface area contributed by atoms with Crippen LogP contribution in [0.5, 0.6) is 0 Å². The van der Waals surface area contributed by atoms with Crippen molar-refractivity contribution in [2.24, 2.45) is 10.7 Å². The summed E-state index contributed by atoms with van der Waals surface area (Å²) in [6.07, 6.45) is 3.06. The van der Waals surface area contributed by atoms with Gasteiger partial charge in [-0.3, -0.25) is 9.98 Å². The van der Waals surface area contributed by atoms with E-state index in [2.05, 4.69) is 26.8 Å². The Hall–Kier alpha value is -2.92. The zero-order valence-corrected chi connectivity index (χ0v) is 16.6. The summed E-state index contributed by atoms with van der Waals surface area (Å²) in [4.78, 5) is 12.2. The predicted molar refractivity (Wildman–Crippen MR) is 103 cm³/mol. The first kappa shape index (κ1) is 20.8. The fourth-order valence-corrected chi connectivity index (χ4v) is 3.12. The number of rotatable bonds is 1. The standard InChI is InChI=1S/C21H21F3N4O/c1-13-10-27-15(11-26-13)7-5-14-6-8-17(22)16(9-14)20(4)21(23,24)19(2,3)29-12-18(25)28-20/h6,8-11H,12H2,1-4H3,(H2,25,28)/t20-/m1/s1. The van der Waals surface area contributed by atoms with Crippen molar-refractivity contribution in [3.63, 3.8) is 0 Å². The van der Waals surface area contributed by atoms with Gasteiger partial charge in [-0.25, -0.2) is 18.2 Å². The molecule has 3 rings (SSSR count). The van der Waals surface area contributed by atoms with E-state index < -0.39 is 22.9 Å². The Labute approximate surface area is 167 Å². The van der Waals surface area contributed by atoms with Gasteiger partial charge in [-0.2, -0.15) is 0 Å². The molecule has 8 heteroatoms. The molecule has 0 aliphatic carbocycles. The van der Waals surface area contributed by atoms with Crippen LogP contribution in [0.1, 0.15) is 43.3 Å². The minimum Gasteiger partial charge on any atom is -0.385 e. The van der Waals surface area contributed by atoms with Crippen molar-refractivity contribution in [3.05, 3.63) is 58.9 Å². The minimum absolute atomic E-state index is 0.136. The average molecular weight is 402 g/mol. The third-order valence-corrected chi connectivity index (χ3v) is 4.92. The van der Waals surface area contributed by atoms with Crippen LogP contribution in [0.3, 0.4) is 0 Å². The summed E-state index contributed by atoms with van der Waals surface area (Å²) in [7, 11) is 0. The second-order valence-corrected chi connectivity index (χ2v) is 7.54. The number of aryl methyl sites for hydroxylation is 1. The second kappa shape index (κ2) is 7.16. The topological polar surface area (TPSA) is 73.4 Å². The van der Waals surface area contributed by atoms with Gasteiger partial charge in [-0.15, -0.1) is 0 Å². The number of nitrogens with two attached hydrogens (primary N) is 1. The van der Waals surface area contributed by atoms with Gasteiger partial charge in [0, 0.05) is 17.3 Å². The van der Waals surface area contributed by atoms with E-state index in [1.807, 2.05) is 0 Å². The van der Waals surface area contributed by atoms with Crippen LogP contribution in [0.4, 0.5) is 13.2 Å². The molecule has 0 amide bonds. The third-order valence-electron chi connectivity index (χ3n) is 4.92. The summed E-state index contributed by atoms with van der Waals surface area (Å²) in [6.45, 7) is 5.14. The first-order chi connectivity index (χ1) is 13.5. The van der Waals surface area contributed by atoms with Gasteiger partial charge in [-0.05, 0) is 51.8 Å². The molecule has 0 saturated carbocycles. The van der Waals surface area contributed by atoms with Crippen molar-refractivity contribution in [2.45, 2.75) is 44.8 Å². The maximum Gasteiger partial charge on any atom is 0.304 e. The second-order valence-electron chi connectivity index (χ2n) is 7.54. The van der Waals surface area contributed by atoms with Crippen LogP contribution in [-0.2, 0) is 10.3 Å². The fourth-order valence-electron chi connectivity index (χ4n) is 3.12. The number of alkyl halides is 2. The molecule has 1 aliphatic heterocycles. The lowest BCUT2D eigenvalue weighted by Crippen LogP contribution is -2.56. The van der Waals surface area contributed by atoms with Gasteiger partial charge in [0.2, 0.25) is 0 Å². The molecule has 0 fully saturated rings. The van der Waals surface area contributed by atoms with E-state index in [0.717, 1.165) is 18.7 Å². The number of amidine groups is 1. The summed E-state index contributed by atoms with van der Waals surface area (Å²) in [5.41, 5.74) is 2.72. The number of aromatic nitrogens is 2. The molecule has 2 aromatic rings. The monoisotopic (exact) mass is 402 g/mol. The number of nitrogens with zero attached hydrogens (tertiary/aromatic N) is 3. The number of hydrogen-bond acceptors (Lipinski definition) is 5. The number of halogens is 3. The van der Waals surface area contributed by atoms with Crippen LogP contribution in [0, 0.1) is 24.6 Å². The van der Waals surface area contributed by atoms with E-state index in [0.29, 0.717) is 11.3 Å². The highest BCUT2D eigenvalue weighted by Crippen LogP contribution is 2.50. The van der Waals surface area contributed by atoms with E-state index in [1.54, 1.807) is 13.1 Å². The first-order valence-electron chi connectivity index (χ1n) is 8.93. The van der Waals surface area contributed by atoms with Crippen LogP contribution in [0.2, 0.25) is 0 Å². The summed E-state index contributed by atoms with van der Waals surface area (Å²) in [6, 6.07) is 3.75. The summed E-state index contributed by atoms with van der Waals surface area (Å²) < 4.78 is 50.8. The minimum atomic E-state index is -3.56. The quantitative estimate of drug-likeness (QED) is 0.743. The molecule has 0 unspecified atom stereocenters. The van der Waals surface area contributed by atoms with Crippen molar-refractivity contribution in [1.29, 1.82) is 0 Å². The highest BCUT2D eigenvalue weighted by Gasteiger charge is 2.63. The summed E-state index contributed by atoms with van der Waals surface area (Å²) >= 11 is 0. The predicted octanol–water partition coefficient (Wildman–Crippen LogP) is 3.34. The SMILES string of the molecule is Cc1cnc(C#Cc2ccc(F)c([C@@]3(C)N=C(N)COC(C)(C)C3(F)F)c2)cn1. The molecule has 0 saturated heterocycles. The van der Waals surface area contributed by atoms with Crippen molar-refractivity contribution in [3.8, 4) is 11.8 Å². The molecule has 2 N–H and O–H groups in total. The zero-order valence-electron chi connectivity index (χ0n) is 16.6. The molecule has 0 spiro atoms. The number of benzene rings is 1. The van der Waals surface area contributed by atoms with Crippen LogP contribution < -0.4 is 5.73 Å². The number of ether oxygens (including phenoxy) is 1. The molecule has 1 aromatic heterocycles. The molecule has 2 heterocycles. The van der Waals surface area contributed by atoms with Gasteiger partial charge in [0.15, 0.2) is 5.54 Å². The van der Waals surface area contributed by atoms with Crippen LogP contribution in [-0.4, -0.2) is 33.9 Å². The fraction of sp³-hybridized carbons (Fsp3) is 0.381. The maximum absolute atomic E-state index is 15.4. The average Bonchev–Trinajstić information content (AvgIpc) is 2.71. The van der Waals surface area contributed by atoms with E-state index in [1.165, 1.54) is 32.2 Å². The van der Waals surface area contributed by atoms with Crippen LogP contribution in [0.15, 0.2) is 35.6 Å². The molecule has 5 nitrogen and oxygen atoms in total. The van der Waals surface area contributed by atoms with E-state index in [-0.39, 0.29) is 18.0 Å². The van der Waals surface area contributed by atoms with E-state index >= 15 is 8.78 Å². The van der Waals surface area contributed by atoms with Crippen LogP contribution in [0.25, 0.3) is 0 Å². The Balaban J connectivity index is 2.11. The first-order valence-corrected chi connectivity index (χ1v) is 8.93. The Morgan fingerprint density at radius 3 is 2.48 bits per heavy atom. The molecule has 0 radical (unpaired) electrons. The number of aliphatic imine (C=N–C) groups is 1. The lowest BCUT2D eigenvalue weighted by atomic mass is 9.77. The Kier molecular flexibility index (Phi) is 5.13. The van der Waals surface area contributed by atoms with Gasteiger partial charge in [0.05, 0.1) is 11.9 Å². The molecule has 1 aromatic carbocycles. The van der Waals surface area contributed by atoms with Gasteiger partial charge in [0.25, 0.3) is 0 Å². The molecule has 152 valence electrons. The largest absolute Gasteiger partial charge is 0.385 e. The third kappa shape index (κ3) is 3.70. The van der Waals surface area contributed by atoms with Crippen molar-refractivity contribution in [1.82, 2.24) is 9.97 Å². The van der Waals surface area contributed by atoms with Gasteiger partial charge in [-0.1, -0.05) is 5.92 Å². The maximum atomic E-state index is 15.4. The summed E-state index contributed by atoms with van der Waals surface area (Å²) in [5, 5.41) is 0. The Morgan fingerprint density at radius 1 is 1.10 bits per heavy atom. The van der Waals surface area contributed by atoms with Crippen molar-refractivity contribution < 1.29 is 17.9 Å².